The SMILES string of the molecule is CCOC(=O)c1c(NC(=O)C2CCCO2)sc(C)c1CC. The van der Waals surface area contributed by atoms with E-state index in [1.54, 1.807) is 6.92 Å². The average molecular weight is 311 g/mol. The Bertz CT molecular complexity index is 532. The van der Waals surface area contributed by atoms with Crippen LogP contribution in [0.1, 0.15) is 47.5 Å². The van der Waals surface area contributed by atoms with Crippen LogP contribution in [0.5, 0.6) is 0 Å². The van der Waals surface area contributed by atoms with E-state index in [-0.39, 0.29) is 11.9 Å². The Kier molecular flexibility index (Phi) is 5.36. The number of hydrogen-bond acceptors (Lipinski definition) is 5. The summed E-state index contributed by atoms with van der Waals surface area (Å²) in [6.45, 7) is 6.65. The van der Waals surface area contributed by atoms with Crippen LogP contribution in [0.2, 0.25) is 0 Å². The maximum atomic E-state index is 12.2. The summed E-state index contributed by atoms with van der Waals surface area (Å²) in [5.41, 5.74) is 1.44. The first-order valence-corrected chi connectivity index (χ1v) is 8.11. The highest BCUT2D eigenvalue weighted by Gasteiger charge is 2.28. The van der Waals surface area contributed by atoms with Crippen LogP contribution in [0.3, 0.4) is 0 Å². The van der Waals surface area contributed by atoms with Crippen LogP contribution in [-0.2, 0) is 20.7 Å². The van der Waals surface area contributed by atoms with Crippen molar-refractivity contribution in [1.82, 2.24) is 0 Å². The maximum Gasteiger partial charge on any atom is 0.341 e. The van der Waals surface area contributed by atoms with Crippen molar-refractivity contribution in [2.24, 2.45) is 0 Å². The molecule has 1 fully saturated rings. The number of thiophene rings is 1. The normalized spacial score (nSPS) is 17.8. The summed E-state index contributed by atoms with van der Waals surface area (Å²) in [7, 11) is 0. The van der Waals surface area contributed by atoms with Gasteiger partial charge in [0, 0.05) is 11.5 Å². The first-order valence-electron chi connectivity index (χ1n) is 7.30. The molecule has 21 heavy (non-hydrogen) atoms. The van der Waals surface area contributed by atoms with E-state index in [4.69, 9.17) is 9.47 Å². The van der Waals surface area contributed by atoms with Crippen molar-refractivity contribution in [3.8, 4) is 0 Å². The zero-order chi connectivity index (χ0) is 15.4. The summed E-state index contributed by atoms with van der Waals surface area (Å²) in [6, 6.07) is 0. The van der Waals surface area contributed by atoms with Gasteiger partial charge < -0.3 is 14.8 Å². The number of esters is 1. The number of hydrogen-bond donors (Lipinski definition) is 1. The molecule has 2 heterocycles. The molecule has 6 heteroatoms. The molecule has 0 spiro atoms. The van der Waals surface area contributed by atoms with E-state index < -0.39 is 6.10 Å². The summed E-state index contributed by atoms with van der Waals surface area (Å²) in [4.78, 5) is 25.4. The molecule has 0 saturated carbocycles. The minimum atomic E-state index is -0.410. The van der Waals surface area contributed by atoms with Gasteiger partial charge in [-0.1, -0.05) is 6.92 Å². The third-order valence-corrected chi connectivity index (χ3v) is 4.56. The molecule has 0 aliphatic carbocycles. The van der Waals surface area contributed by atoms with Crippen molar-refractivity contribution in [2.45, 2.75) is 46.1 Å². The first-order chi connectivity index (χ1) is 10.1. The van der Waals surface area contributed by atoms with E-state index in [9.17, 15) is 9.59 Å². The Morgan fingerprint density at radius 2 is 2.19 bits per heavy atom. The largest absolute Gasteiger partial charge is 0.462 e. The number of amides is 1. The number of rotatable bonds is 5. The van der Waals surface area contributed by atoms with Crippen LogP contribution in [0.4, 0.5) is 5.00 Å². The molecule has 0 aromatic carbocycles. The van der Waals surface area contributed by atoms with Gasteiger partial charge >= 0.3 is 5.97 Å². The quantitative estimate of drug-likeness (QED) is 0.849. The lowest BCUT2D eigenvalue weighted by Crippen LogP contribution is -2.27. The third-order valence-electron chi connectivity index (χ3n) is 3.50. The molecule has 0 bridgehead atoms. The number of ether oxygens (including phenoxy) is 2. The smallest absolute Gasteiger partial charge is 0.341 e. The van der Waals surface area contributed by atoms with Gasteiger partial charge in [-0.25, -0.2) is 4.79 Å². The summed E-state index contributed by atoms with van der Waals surface area (Å²) < 4.78 is 10.5. The molecular formula is C15H21NO4S. The second kappa shape index (κ2) is 7.04. The summed E-state index contributed by atoms with van der Waals surface area (Å²) in [5.74, 6) is -0.553. The van der Waals surface area contributed by atoms with Crippen molar-refractivity contribution in [3.05, 3.63) is 16.0 Å². The van der Waals surface area contributed by atoms with Crippen LogP contribution in [0.25, 0.3) is 0 Å². The van der Waals surface area contributed by atoms with E-state index in [0.717, 1.165) is 29.7 Å². The molecule has 1 N–H and O–H groups in total. The molecule has 1 aromatic heterocycles. The van der Waals surface area contributed by atoms with Crippen molar-refractivity contribution in [3.63, 3.8) is 0 Å². The molecule has 1 saturated heterocycles. The lowest BCUT2D eigenvalue weighted by molar-refractivity contribution is -0.124. The van der Waals surface area contributed by atoms with E-state index in [1.165, 1.54) is 11.3 Å². The third kappa shape index (κ3) is 3.44. The molecule has 1 aliphatic heterocycles. The number of carbonyl (C=O) groups is 2. The van der Waals surface area contributed by atoms with E-state index in [0.29, 0.717) is 23.8 Å². The standard InChI is InChI=1S/C15H21NO4S/c1-4-10-9(3)21-14(12(10)15(18)19-5-2)16-13(17)11-7-6-8-20-11/h11H,4-8H2,1-3H3,(H,16,17). The van der Waals surface area contributed by atoms with Crippen LogP contribution in [0, 0.1) is 6.92 Å². The monoisotopic (exact) mass is 311 g/mol. The van der Waals surface area contributed by atoms with Crippen molar-refractivity contribution in [1.29, 1.82) is 0 Å². The Morgan fingerprint density at radius 1 is 1.43 bits per heavy atom. The molecular weight excluding hydrogens is 290 g/mol. The Labute approximate surface area is 128 Å². The second-order valence-corrected chi connectivity index (χ2v) is 6.13. The van der Waals surface area contributed by atoms with Crippen LogP contribution < -0.4 is 5.32 Å². The fourth-order valence-corrected chi connectivity index (χ4v) is 3.62. The number of aryl methyl sites for hydroxylation is 1. The van der Waals surface area contributed by atoms with Crippen molar-refractivity contribution in [2.75, 3.05) is 18.5 Å². The first kappa shape index (κ1) is 16.0. The van der Waals surface area contributed by atoms with Gasteiger partial charge in [0.15, 0.2) is 0 Å². The van der Waals surface area contributed by atoms with Crippen LogP contribution in [-0.4, -0.2) is 31.2 Å². The highest BCUT2D eigenvalue weighted by Crippen LogP contribution is 2.34. The van der Waals surface area contributed by atoms with Crippen LogP contribution >= 0.6 is 11.3 Å². The summed E-state index contributed by atoms with van der Waals surface area (Å²) >= 11 is 1.42. The Morgan fingerprint density at radius 3 is 2.76 bits per heavy atom. The predicted molar refractivity (Wildman–Crippen MR) is 82.0 cm³/mol. The zero-order valence-electron chi connectivity index (χ0n) is 12.7. The predicted octanol–water partition coefficient (Wildman–Crippen LogP) is 2.91. The molecule has 2 rings (SSSR count). The highest BCUT2D eigenvalue weighted by atomic mass is 32.1. The fraction of sp³-hybridized carbons (Fsp3) is 0.600. The Hall–Kier alpha value is -1.40. The van der Waals surface area contributed by atoms with Gasteiger partial charge in [-0.3, -0.25) is 4.79 Å². The number of nitrogens with one attached hydrogen (secondary N) is 1. The van der Waals surface area contributed by atoms with Gasteiger partial charge in [-0.2, -0.15) is 0 Å². The number of anilines is 1. The second-order valence-electron chi connectivity index (χ2n) is 4.91. The topological polar surface area (TPSA) is 64.6 Å². The number of carbonyl (C=O) groups excluding carboxylic acids is 2. The minimum absolute atomic E-state index is 0.179. The van der Waals surface area contributed by atoms with Gasteiger partial charge in [0.25, 0.3) is 5.91 Å². The molecule has 1 amide bonds. The Balaban J connectivity index is 2.25. The highest BCUT2D eigenvalue weighted by molar-refractivity contribution is 7.16. The fourth-order valence-electron chi connectivity index (χ4n) is 2.49. The van der Waals surface area contributed by atoms with Gasteiger partial charge in [0.2, 0.25) is 0 Å². The molecule has 1 aromatic rings. The lowest BCUT2D eigenvalue weighted by Gasteiger charge is -2.11. The zero-order valence-corrected chi connectivity index (χ0v) is 13.5. The van der Waals surface area contributed by atoms with E-state index >= 15 is 0 Å². The molecule has 5 nitrogen and oxygen atoms in total. The average Bonchev–Trinajstić information content (AvgIpc) is 3.06. The lowest BCUT2D eigenvalue weighted by atomic mass is 10.1. The molecule has 1 aliphatic rings. The molecule has 0 radical (unpaired) electrons. The molecule has 1 unspecified atom stereocenters. The van der Waals surface area contributed by atoms with Gasteiger partial charge in [0.1, 0.15) is 11.1 Å². The van der Waals surface area contributed by atoms with Gasteiger partial charge in [-0.15, -0.1) is 11.3 Å². The van der Waals surface area contributed by atoms with Crippen LogP contribution in [0.15, 0.2) is 0 Å². The van der Waals surface area contributed by atoms with Crippen molar-refractivity contribution >= 4 is 28.2 Å². The maximum absolute atomic E-state index is 12.2. The van der Waals surface area contributed by atoms with E-state index in [2.05, 4.69) is 5.32 Å². The summed E-state index contributed by atoms with van der Waals surface area (Å²) in [5, 5.41) is 3.41. The molecule has 1 atom stereocenters. The molecule has 116 valence electrons. The van der Waals surface area contributed by atoms with Gasteiger partial charge in [-0.05, 0) is 38.7 Å². The minimum Gasteiger partial charge on any atom is -0.462 e. The van der Waals surface area contributed by atoms with Gasteiger partial charge in [0.05, 0.1) is 12.2 Å². The summed E-state index contributed by atoms with van der Waals surface area (Å²) in [6.07, 6.45) is 1.94. The van der Waals surface area contributed by atoms with Crippen molar-refractivity contribution < 1.29 is 19.1 Å². The van der Waals surface area contributed by atoms with E-state index in [1.807, 2.05) is 13.8 Å².